The van der Waals surface area contributed by atoms with Crippen LogP contribution in [0.2, 0.25) is 0 Å². The van der Waals surface area contributed by atoms with Crippen molar-refractivity contribution >= 4 is 5.97 Å². The molecule has 1 saturated heterocycles. The Balaban J connectivity index is 1.77. The van der Waals surface area contributed by atoms with Crippen molar-refractivity contribution in [1.82, 2.24) is 4.90 Å². The minimum Gasteiger partial charge on any atom is -0.463 e. The summed E-state index contributed by atoms with van der Waals surface area (Å²) in [7, 11) is 0. The Morgan fingerprint density at radius 3 is 2.64 bits per heavy atom. The topological polar surface area (TPSA) is 88.6 Å². The monoisotopic (exact) mass is 463 g/mol. The first-order valence-corrected chi connectivity index (χ1v) is 11.0. The van der Waals surface area contributed by atoms with Crippen LogP contribution in [0.25, 0.3) is 0 Å². The van der Waals surface area contributed by atoms with E-state index < -0.39 is 24.0 Å². The molecule has 2 aliphatic heterocycles. The molecule has 0 aromatic heterocycles. The van der Waals surface area contributed by atoms with Gasteiger partial charge in [0.1, 0.15) is 17.4 Å². The molecule has 0 spiro atoms. The van der Waals surface area contributed by atoms with E-state index in [2.05, 4.69) is 6.07 Å². The van der Waals surface area contributed by atoms with Gasteiger partial charge in [0.15, 0.2) is 0 Å². The Morgan fingerprint density at radius 1 is 1.33 bits per heavy atom. The maximum atomic E-state index is 12.9. The first-order chi connectivity index (χ1) is 15.7. The number of carbonyl (C=O) groups excluding carboxylic acids is 1. The molecule has 3 rings (SSSR count). The quantitative estimate of drug-likeness (QED) is 0.638. The minimum absolute atomic E-state index is 0.0500. The second-order valence-corrected chi connectivity index (χ2v) is 8.27. The molecule has 1 aromatic rings. The molecule has 33 heavy (non-hydrogen) atoms. The van der Waals surface area contributed by atoms with E-state index in [1.165, 1.54) is 0 Å². The number of alkyl halides is 3. The molecule has 2 aliphatic rings. The van der Waals surface area contributed by atoms with E-state index in [-0.39, 0.29) is 42.2 Å². The van der Waals surface area contributed by atoms with Gasteiger partial charge < -0.3 is 20.1 Å². The zero-order valence-electron chi connectivity index (χ0n) is 18.7. The van der Waals surface area contributed by atoms with Gasteiger partial charge in [-0.25, -0.2) is 4.79 Å². The number of allylic oxidation sites excluding steroid dienone is 2. The zero-order valence-corrected chi connectivity index (χ0v) is 18.7. The lowest BCUT2D eigenvalue weighted by molar-refractivity contribution is -0.185. The van der Waals surface area contributed by atoms with Crippen molar-refractivity contribution in [2.24, 2.45) is 11.7 Å². The molecule has 1 aromatic carbocycles. The third kappa shape index (κ3) is 5.69. The Morgan fingerprint density at radius 2 is 2.03 bits per heavy atom. The second kappa shape index (κ2) is 10.3. The molecule has 2 N–H and O–H groups in total. The molecule has 1 fully saturated rings. The number of nitrogens with two attached hydrogens (primary N) is 1. The van der Waals surface area contributed by atoms with Crippen molar-refractivity contribution in [3.63, 3.8) is 0 Å². The van der Waals surface area contributed by atoms with Crippen molar-refractivity contribution in [1.29, 1.82) is 5.26 Å². The average Bonchev–Trinajstić information content (AvgIpc) is 2.77. The Hall–Kier alpha value is -2.99. The van der Waals surface area contributed by atoms with E-state index in [0.717, 1.165) is 5.56 Å². The maximum Gasteiger partial charge on any atom is 0.391 e. The number of halogens is 3. The Bertz CT molecular complexity index is 987. The summed E-state index contributed by atoms with van der Waals surface area (Å²) in [5.41, 5.74) is 7.96. The van der Waals surface area contributed by atoms with Gasteiger partial charge in [0, 0.05) is 6.54 Å². The van der Waals surface area contributed by atoms with Crippen molar-refractivity contribution in [2.45, 2.75) is 45.2 Å². The zero-order chi connectivity index (χ0) is 24.2. The summed E-state index contributed by atoms with van der Waals surface area (Å²) in [5, 5.41) is 9.70. The van der Waals surface area contributed by atoms with Crippen LogP contribution in [0.1, 0.15) is 43.7 Å². The molecular formula is C24H28F3N3O3. The number of piperidine rings is 1. The van der Waals surface area contributed by atoms with Gasteiger partial charge in [-0.1, -0.05) is 24.3 Å². The van der Waals surface area contributed by atoms with Crippen LogP contribution in [0.5, 0.6) is 0 Å². The maximum absolute atomic E-state index is 12.9. The highest BCUT2D eigenvalue weighted by Crippen LogP contribution is 2.40. The first-order valence-electron chi connectivity index (χ1n) is 11.0. The molecule has 1 atom stereocenters. The summed E-state index contributed by atoms with van der Waals surface area (Å²) < 4.78 is 49.3. The van der Waals surface area contributed by atoms with Crippen LogP contribution in [-0.4, -0.2) is 43.3 Å². The summed E-state index contributed by atoms with van der Waals surface area (Å²) >= 11 is 0. The average molecular weight is 464 g/mol. The fraction of sp³-hybridized carbons (Fsp3) is 0.500. The van der Waals surface area contributed by atoms with Crippen molar-refractivity contribution in [2.75, 3.05) is 26.2 Å². The number of carbonyl (C=O) groups is 1. The van der Waals surface area contributed by atoms with Gasteiger partial charge in [0.2, 0.25) is 5.88 Å². The number of nitriles is 1. The summed E-state index contributed by atoms with van der Waals surface area (Å²) in [6.45, 7) is 4.93. The highest BCUT2D eigenvalue weighted by Gasteiger charge is 2.41. The molecule has 0 bridgehead atoms. The molecular weight excluding hydrogens is 435 g/mol. The van der Waals surface area contributed by atoms with Crippen LogP contribution in [0.3, 0.4) is 0 Å². The molecule has 178 valence electrons. The number of ether oxygens (including phenoxy) is 2. The van der Waals surface area contributed by atoms with Crippen LogP contribution < -0.4 is 5.73 Å². The van der Waals surface area contributed by atoms with Gasteiger partial charge >= 0.3 is 12.1 Å². The number of rotatable bonds is 6. The third-order valence-corrected chi connectivity index (χ3v) is 6.15. The SMILES string of the molecule is CCOC(=O)C1=C(C)OC(N)=C(C#N)C1c1cccc(CCN2CCC(C(F)(F)F)CC2)c1. The van der Waals surface area contributed by atoms with Gasteiger partial charge in [0.05, 0.1) is 24.0 Å². The molecule has 0 amide bonds. The van der Waals surface area contributed by atoms with Crippen molar-refractivity contribution < 1.29 is 27.4 Å². The largest absolute Gasteiger partial charge is 0.463 e. The number of likely N-dealkylation sites (tertiary alicyclic amines) is 1. The van der Waals surface area contributed by atoms with Gasteiger partial charge in [0.25, 0.3) is 0 Å². The Labute approximate surface area is 191 Å². The van der Waals surface area contributed by atoms with Gasteiger partial charge in [-0.15, -0.1) is 0 Å². The van der Waals surface area contributed by atoms with Gasteiger partial charge in [-0.3, -0.25) is 0 Å². The van der Waals surface area contributed by atoms with Crippen LogP contribution in [0.4, 0.5) is 13.2 Å². The van der Waals surface area contributed by atoms with E-state index in [9.17, 15) is 23.2 Å². The van der Waals surface area contributed by atoms with E-state index in [1.54, 1.807) is 13.8 Å². The second-order valence-electron chi connectivity index (χ2n) is 8.27. The van der Waals surface area contributed by atoms with Crippen molar-refractivity contribution in [3.8, 4) is 6.07 Å². The standard InChI is InChI=1S/C24H28F3N3O3/c1-3-32-23(31)20-15(2)33-22(29)19(14-28)21(20)17-6-4-5-16(13-17)7-10-30-11-8-18(9-12-30)24(25,26)27/h4-6,13,18,21H,3,7-12,29H2,1-2H3. The predicted molar refractivity (Wildman–Crippen MR) is 115 cm³/mol. The fourth-order valence-electron chi connectivity index (χ4n) is 4.39. The number of benzene rings is 1. The molecule has 0 aliphatic carbocycles. The number of nitrogens with zero attached hydrogens (tertiary/aromatic N) is 2. The summed E-state index contributed by atoms with van der Waals surface area (Å²) in [6.07, 6.45) is -3.26. The van der Waals surface area contributed by atoms with Gasteiger partial charge in [-0.2, -0.15) is 18.4 Å². The molecule has 0 saturated carbocycles. The molecule has 2 heterocycles. The highest BCUT2D eigenvalue weighted by molar-refractivity contribution is 5.92. The number of esters is 1. The van der Waals surface area contributed by atoms with Crippen LogP contribution in [0.15, 0.2) is 47.1 Å². The minimum atomic E-state index is -4.12. The lowest BCUT2D eigenvalue weighted by Gasteiger charge is -2.32. The molecule has 0 radical (unpaired) electrons. The first kappa shape index (κ1) is 24.6. The van der Waals surface area contributed by atoms with E-state index >= 15 is 0 Å². The highest BCUT2D eigenvalue weighted by atomic mass is 19.4. The summed E-state index contributed by atoms with van der Waals surface area (Å²) in [4.78, 5) is 14.7. The van der Waals surface area contributed by atoms with Crippen LogP contribution in [-0.2, 0) is 20.7 Å². The van der Waals surface area contributed by atoms with Crippen molar-refractivity contribution in [3.05, 3.63) is 58.2 Å². The smallest absolute Gasteiger partial charge is 0.391 e. The molecule has 9 heteroatoms. The molecule has 6 nitrogen and oxygen atoms in total. The fourth-order valence-corrected chi connectivity index (χ4v) is 4.39. The predicted octanol–water partition coefficient (Wildman–Crippen LogP) is 4.15. The summed E-state index contributed by atoms with van der Waals surface area (Å²) in [6, 6.07) is 9.52. The van der Waals surface area contributed by atoms with E-state index in [1.807, 2.05) is 29.2 Å². The van der Waals surface area contributed by atoms with E-state index in [4.69, 9.17) is 15.2 Å². The third-order valence-electron chi connectivity index (χ3n) is 6.15. The number of hydrogen-bond acceptors (Lipinski definition) is 6. The van der Waals surface area contributed by atoms with E-state index in [0.29, 0.717) is 31.6 Å². The lowest BCUT2D eigenvalue weighted by Crippen LogP contribution is -2.39. The number of hydrogen-bond donors (Lipinski definition) is 1. The molecule has 1 unspecified atom stereocenters. The normalized spacial score (nSPS) is 20.4. The van der Waals surface area contributed by atoms with Crippen LogP contribution >= 0.6 is 0 Å². The lowest BCUT2D eigenvalue weighted by atomic mass is 9.82. The Kier molecular flexibility index (Phi) is 7.69. The van der Waals surface area contributed by atoms with Gasteiger partial charge in [-0.05, 0) is 57.3 Å². The summed E-state index contributed by atoms with van der Waals surface area (Å²) in [5.74, 6) is -2.27. The van der Waals surface area contributed by atoms with Crippen LogP contribution in [0, 0.1) is 17.2 Å².